The molecule has 1 fully saturated rings. The molecule has 3 aromatic rings. The highest BCUT2D eigenvalue weighted by molar-refractivity contribution is 7.89. The molecule has 1 aromatic heterocycles. The first-order valence-corrected chi connectivity index (χ1v) is 13.1. The molecule has 2 heterocycles. The maximum atomic E-state index is 13.3. The summed E-state index contributed by atoms with van der Waals surface area (Å²) in [4.78, 5) is 40.0. The number of pyridine rings is 1. The van der Waals surface area contributed by atoms with Gasteiger partial charge in [-0.25, -0.2) is 13.2 Å². The van der Waals surface area contributed by atoms with Crippen molar-refractivity contribution in [2.45, 2.75) is 31.0 Å². The summed E-state index contributed by atoms with van der Waals surface area (Å²) in [6.45, 7) is 1.54. The Morgan fingerprint density at radius 1 is 1.18 bits per heavy atom. The SMILES string of the molecule is Cc1cn(COC(=O)c2ccc(OCCO[N+](=O)[O-])cc2)c(=O)c2cccc(S(=O)(=O)N3CC[C@H](N)C3)c12.Cl. The number of nitrogens with two attached hydrogens (primary N) is 1. The Hall–Kier alpha value is -3.72. The van der Waals surface area contributed by atoms with Gasteiger partial charge in [0.25, 0.3) is 10.6 Å². The lowest BCUT2D eigenvalue weighted by Gasteiger charge is -2.19. The van der Waals surface area contributed by atoms with Crippen molar-refractivity contribution < 1.29 is 32.6 Å². The zero-order valence-electron chi connectivity index (χ0n) is 20.8. The van der Waals surface area contributed by atoms with Gasteiger partial charge in [-0.1, -0.05) is 6.07 Å². The Bertz CT molecular complexity index is 1530. The first kappa shape index (κ1) is 29.8. The molecule has 1 atom stereocenters. The maximum absolute atomic E-state index is 13.3. The van der Waals surface area contributed by atoms with E-state index in [4.69, 9.17) is 15.2 Å². The summed E-state index contributed by atoms with van der Waals surface area (Å²) in [5.74, 6) is -0.323. The number of aryl methyl sites for hydroxylation is 1. The van der Waals surface area contributed by atoms with E-state index in [1.807, 2.05) is 0 Å². The van der Waals surface area contributed by atoms with Crippen LogP contribution in [0.25, 0.3) is 10.8 Å². The van der Waals surface area contributed by atoms with E-state index >= 15 is 0 Å². The normalized spacial score (nSPS) is 15.5. The van der Waals surface area contributed by atoms with E-state index < -0.39 is 26.6 Å². The number of carbonyl (C=O) groups excluding carboxylic acids is 1. The Morgan fingerprint density at radius 3 is 2.54 bits per heavy atom. The predicted octanol–water partition coefficient (Wildman–Crippen LogP) is 1.86. The van der Waals surface area contributed by atoms with Gasteiger partial charge in [-0.2, -0.15) is 4.31 Å². The van der Waals surface area contributed by atoms with Crippen LogP contribution in [0.15, 0.2) is 58.4 Å². The highest BCUT2D eigenvalue weighted by Crippen LogP contribution is 2.28. The van der Waals surface area contributed by atoms with Gasteiger partial charge in [0.1, 0.15) is 19.0 Å². The Balaban J connectivity index is 0.00000420. The minimum absolute atomic E-state index is 0. The third-order valence-electron chi connectivity index (χ3n) is 6.04. The molecule has 210 valence electrons. The molecule has 0 radical (unpaired) electrons. The molecule has 1 aliphatic rings. The zero-order chi connectivity index (χ0) is 27.4. The number of ether oxygens (including phenoxy) is 2. The standard InChI is InChI=1S/C24H26N4O9S.ClH/c1-16-13-26(15-36-24(30)17-5-7-19(8-6-17)35-11-12-37-28(31)32)23(29)20-3-2-4-21(22(16)20)38(33,34)27-10-9-18(25)14-27;/h2-8,13,18H,9-12,14-15,25H2,1H3;1H/t18-;/m0./s1. The van der Waals surface area contributed by atoms with Crippen molar-refractivity contribution in [2.24, 2.45) is 5.73 Å². The van der Waals surface area contributed by atoms with Crippen LogP contribution in [0.5, 0.6) is 5.75 Å². The fraction of sp³-hybridized carbons (Fsp3) is 0.333. The number of rotatable bonds is 10. The van der Waals surface area contributed by atoms with Crippen molar-refractivity contribution >= 4 is 39.2 Å². The number of halogens is 1. The van der Waals surface area contributed by atoms with Crippen LogP contribution in [-0.4, -0.2) is 60.7 Å². The van der Waals surface area contributed by atoms with Crippen LogP contribution in [0.1, 0.15) is 22.3 Å². The van der Waals surface area contributed by atoms with Gasteiger partial charge in [-0.15, -0.1) is 22.5 Å². The summed E-state index contributed by atoms with van der Waals surface area (Å²) >= 11 is 0. The number of hydrogen-bond acceptors (Lipinski definition) is 10. The van der Waals surface area contributed by atoms with E-state index in [0.717, 1.165) is 0 Å². The quantitative estimate of drug-likeness (QED) is 0.161. The summed E-state index contributed by atoms with van der Waals surface area (Å²) in [5, 5.41) is 9.72. The van der Waals surface area contributed by atoms with Crippen molar-refractivity contribution in [3.05, 3.63) is 80.3 Å². The highest BCUT2D eigenvalue weighted by atomic mass is 35.5. The van der Waals surface area contributed by atoms with Gasteiger partial charge < -0.3 is 20.0 Å². The molecule has 2 N–H and O–H groups in total. The number of nitrogens with zero attached hydrogens (tertiary/aromatic N) is 3. The van der Waals surface area contributed by atoms with Gasteiger partial charge in [0.2, 0.25) is 10.0 Å². The molecule has 0 amide bonds. The van der Waals surface area contributed by atoms with Crippen molar-refractivity contribution in [3.8, 4) is 5.75 Å². The molecule has 1 aliphatic heterocycles. The number of hydrogen-bond donors (Lipinski definition) is 1. The maximum Gasteiger partial charge on any atom is 0.339 e. The molecule has 0 saturated carbocycles. The average Bonchev–Trinajstić information content (AvgIpc) is 3.34. The van der Waals surface area contributed by atoms with Gasteiger partial charge in [-0.3, -0.25) is 9.36 Å². The number of esters is 1. The smallest absolute Gasteiger partial charge is 0.339 e. The van der Waals surface area contributed by atoms with Crippen molar-refractivity contribution in [1.82, 2.24) is 8.87 Å². The van der Waals surface area contributed by atoms with E-state index in [1.54, 1.807) is 6.92 Å². The van der Waals surface area contributed by atoms with Crippen molar-refractivity contribution in [3.63, 3.8) is 0 Å². The molecule has 39 heavy (non-hydrogen) atoms. The number of carbonyl (C=O) groups is 1. The lowest BCUT2D eigenvalue weighted by Crippen LogP contribution is -2.32. The molecule has 2 aromatic carbocycles. The molecule has 0 spiro atoms. The Labute approximate surface area is 229 Å². The summed E-state index contributed by atoms with van der Waals surface area (Å²) in [5.41, 5.74) is 6.11. The molecule has 15 heteroatoms. The Kier molecular flexibility index (Phi) is 9.50. The third-order valence-corrected chi connectivity index (χ3v) is 7.95. The summed E-state index contributed by atoms with van der Waals surface area (Å²) in [7, 11) is -3.85. The average molecular weight is 583 g/mol. The molecule has 1 saturated heterocycles. The number of aromatic nitrogens is 1. The van der Waals surface area contributed by atoms with Crippen LogP contribution >= 0.6 is 12.4 Å². The fourth-order valence-corrected chi connectivity index (χ4v) is 6.01. The van der Waals surface area contributed by atoms with Crippen molar-refractivity contribution in [2.75, 3.05) is 26.3 Å². The minimum atomic E-state index is -3.85. The number of fused-ring (bicyclic) bond motifs is 1. The molecule has 0 unspecified atom stereocenters. The van der Waals surface area contributed by atoms with Crippen LogP contribution in [0.2, 0.25) is 0 Å². The largest absolute Gasteiger partial charge is 0.492 e. The second-order valence-corrected chi connectivity index (χ2v) is 10.6. The van der Waals surface area contributed by atoms with Crippen LogP contribution in [0.4, 0.5) is 0 Å². The van der Waals surface area contributed by atoms with E-state index in [0.29, 0.717) is 29.7 Å². The van der Waals surface area contributed by atoms with Gasteiger partial charge >= 0.3 is 5.97 Å². The van der Waals surface area contributed by atoms with Gasteiger partial charge in [0.15, 0.2) is 6.73 Å². The molecular formula is C24H27ClN4O9S. The van der Waals surface area contributed by atoms with Crippen molar-refractivity contribution in [1.29, 1.82) is 0 Å². The zero-order valence-corrected chi connectivity index (χ0v) is 22.5. The lowest BCUT2D eigenvalue weighted by atomic mass is 10.1. The summed E-state index contributed by atoms with van der Waals surface area (Å²) in [6.07, 6.45) is 2.02. The minimum Gasteiger partial charge on any atom is -0.492 e. The van der Waals surface area contributed by atoms with E-state index in [-0.39, 0.29) is 60.8 Å². The van der Waals surface area contributed by atoms with Crippen LogP contribution in [0.3, 0.4) is 0 Å². The highest BCUT2D eigenvalue weighted by Gasteiger charge is 2.32. The van der Waals surface area contributed by atoms with E-state index in [2.05, 4.69) is 4.84 Å². The van der Waals surface area contributed by atoms with Gasteiger partial charge in [0, 0.05) is 36.1 Å². The first-order valence-electron chi connectivity index (χ1n) is 11.6. The fourth-order valence-electron chi connectivity index (χ4n) is 4.22. The second-order valence-electron chi connectivity index (χ2n) is 8.67. The molecule has 13 nitrogen and oxygen atoms in total. The van der Waals surface area contributed by atoms with Crippen LogP contribution in [-0.2, 0) is 26.3 Å². The van der Waals surface area contributed by atoms with Gasteiger partial charge in [-0.05, 0) is 55.3 Å². The number of benzene rings is 2. The first-order chi connectivity index (χ1) is 18.1. The predicted molar refractivity (Wildman–Crippen MR) is 142 cm³/mol. The monoisotopic (exact) mass is 582 g/mol. The van der Waals surface area contributed by atoms with E-state index in [1.165, 1.54) is 57.5 Å². The van der Waals surface area contributed by atoms with Crippen LogP contribution in [0, 0.1) is 17.0 Å². The van der Waals surface area contributed by atoms with Gasteiger partial charge in [0.05, 0.1) is 10.5 Å². The lowest BCUT2D eigenvalue weighted by molar-refractivity contribution is -0.757. The van der Waals surface area contributed by atoms with Crippen LogP contribution < -0.4 is 16.0 Å². The number of sulfonamides is 1. The second kappa shape index (κ2) is 12.4. The molecule has 0 bridgehead atoms. The summed E-state index contributed by atoms with van der Waals surface area (Å²) < 4.78 is 39.7. The molecule has 0 aliphatic carbocycles. The van der Waals surface area contributed by atoms with E-state index in [9.17, 15) is 28.1 Å². The molecular weight excluding hydrogens is 556 g/mol. The Morgan fingerprint density at radius 2 is 1.90 bits per heavy atom. The molecule has 4 rings (SSSR count). The third kappa shape index (κ3) is 6.65. The summed E-state index contributed by atoms with van der Waals surface area (Å²) in [6, 6.07) is 10.2. The topological polar surface area (TPSA) is 173 Å².